The van der Waals surface area contributed by atoms with E-state index in [1.807, 2.05) is 30.5 Å². The zero-order valence-electron chi connectivity index (χ0n) is 11.5. The maximum absolute atomic E-state index is 12.5. The van der Waals surface area contributed by atoms with Gasteiger partial charge in [-0.25, -0.2) is 8.42 Å². The summed E-state index contributed by atoms with van der Waals surface area (Å²) in [5, 5.41) is 5.15. The topological polar surface area (TPSA) is 49.4 Å². The van der Waals surface area contributed by atoms with Gasteiger partial charge in [-0.2, -0.15) is 4.31 Å². The zero-order chi connectivity index (χ0) is 14.6. The second-order valence-corrected chi connectivity index (χ2v) is 8.81. The molecule has 0 aliphatic rings. The second-order valence-electron chi connectivity index (χ2n) is 4.34. The first kappa shape index (κ1) is 15.7. The van der Waals surface area contributed by atoms with Crippen molar-refractivity contribution in [3.8, 4) is 0 Å². The fourth-order valence-corrected chi connectivity index (χ4v) is 5.22. The van der Waals surface area contributed by atoms with Crippen LogP contribution in [0.5, 0.6) is 0 Å². The van der Waals surface area contributed by atoms with Crippen molar-refractivity contribution in [1.82, 2.24) is 9.62 Å². The molecule has 0 aliphatic carbocycles. The van der Waals surface area contributed by atoms with Crippen LogP contribution < -0.4 is 5.32 Å². The molecular weight excluding hydrogens is 312 g/mol. The van der Waals surface area contributed by atoms with E-state index in [1.54, 1.807) is 24.5 Å². The molecule has 1 N–H and O–H groups in total. The molecule has 0 aromatic carbocycles. The fourth-order valence-electron chi connectivity index (χ4n) is 1.70. The molecule has 2 aromatic heterocycles. The van der Waals surface area contributed by atoms with Gasteiger partial charge in [-0.15, -0.1) is 22.7 Å². The molecule has 4 nitrogen and oxygen atoms in total. The molecule has 0 radical (unpaired) electrons. The smallest absolute Gasteiger partial charge is 0.252 e. The van der Waals surface area contributed by atoms with Crippen molar-refractivity contribution < 1.29 is 8.42 Å². The first-order valence-corrected chi connectivity index (χ1v) is 9.46. The number of nitrogens with one attached hydrogen (secondary N) is 1. The van der Waals surface area contributed by atoms with Crippen molar-refractivity contribution >= 4 is 32.7 Å². The van der Waals surface area contributed by atoms with Crippen LogP contribution in [0, 0.1) is 0 Å². The normalized spacial score (nSPS) is 12.2. The first-order chi connectivity index (χ1) is 9.54. The van der Waals surface area contributed by atoms with E-state index in [9.17, 15) is 8.42 Å². The third kappa shape index (κ3) is 3.67. The standard InChI is InChI=1S/C13H18N2O2S3/c1-3-14-9-11-6-7-13(19-11)20(16,17)15(2)10-12-5-4-8-18-12/h4-8,14H,3,9-10H2,1-2H3. The maximum atomic E-state index is 12.5. The minimum Gasteiger partial charge on any atom is -0.312 e. The third-order valence-electron chi connectivity index (χ3n) is 2.81. The summed E-state index contributed by atoms with van der Waals surface area (Å²) in [6.07, 6.45) is 0. The predicted octanol–water partition coefficient (Wildman–Crippen LogP) is 2.74. The van der Waals surface area contributed by atoms with Crippen LogP contribution in [0.25, 0.3) is 0 Å². The highest BCUT2D eigenvalue weighted by atomic mass is 32.2. The Balaban J connectivity index is 2.10. The lowest BCUT2D eigenvalue weighted by Crippen LogP contribution is -2.25. The van der Waals surface area contributed by atoms with Gasteiger partial charge >= 0.3 is 0 Å². The van der Waals surface area contributed by atoms with Crippen LogP contribution in [-0.2, 0) is 23.1 Å². The van der Waals surface area contributed by atoms with Crippen molar-refractivity contribution in [2.45, 2.75) is 24.2 Å². The molecule has 0 saturated heterocycles. The van der Waals surface area contributed by atoms with Crippen LogP contribution in [-0.4, -0.2) is 26.3 Å². The van der Waals surface area contributed by atoms with E-state index >= 15 is 0 Å². The summed E-state index contributed by atoms with van der Waals surface area (Å²) in [6.45, 7) is 4.03. The number of thiophene rings is 2. The van der Waals surface area contributed by atoms with Crippen LogP contribution in [0.2, 0.25) is 0 Å². The van der Waals surface area contributed by atoms with Gasteiger partial charge in [-0.3, -0.25) is 0 Å². The monoisotopic (exact) mass is 330 g/mol. The zero-order valence-corrected chi connectivity index (χ0v) is 13.9. The summed E-state index contributed by atoms with van der Waals surface area (Å²) < 4.78 is 26.7. The molecular formula is C13H18N2O2S3. The average Bonchev–Trinajstić information content (AvgIpc) is 3.07. The molecule has 0 unspecified atom stereocenters. The lowest BCUT2D eigenvalue weighted by Gasteiger charge is -2.14. The van der Waals surface area contributed by atoms with Gasteiger partial charge in [0.05, 0.1) is 0 Å². The minimum absolute atomic E-state index is 0.407. The predicted molar refractivity (Wildman–Crippen MR) is 84.7 cm³/mol. The Hall–Kier alpha value is -0.730. The summed E-state index contributed by atoms with van der Waals surface area (Å²) in [5.74, 6) is 0. The van der Waals surface area contributed by atoms with Gasteiger partial charge in [0.1, 0.15) is 4.21 Å². The van der Waals surface area contributed by atoms with Crippen molar-refractivity contribution in [2.75, 3.05) is 13.6 Å². The Kier molecular flexibility index (Phi) is 5.34. The molecule has 110 valence electrons. The van der Waals surface area contributed by atoms with Crippen LogP contribution in [0.15, 0.2) is 33.9 Å². The summed E-state index contributed by atoms with van der Waals surface area (Å²) in [4.78, 5) is 2.08. The summed E-state index contributed by atoms with van der Waals surface area (Å²) in [7, 11) is -1.76. The van der Waals surface area contributed by atoms with Crippen LogP contribution in [0.4, 0.5) is 0 Å². The number of nitrogens with zero attached hydrogens (tertiary/aromatic N) is 1. The van der Waals surface area contributed by atoms with E-state index in [0.717, 1.165) is 16.3 Å². The Morgan fingerprint density at radius 1 is 1.25 bits per heavy atom. The molecule has 0 atom stereocenters. The highest BCUT2D eigenvalue weighted by Gasteiger charge is 2.23. The van der Waals surface area contributed by atoms with E-state index in [4.69, 9.17) is 0 Å². The summed E-state index contributed by atoms with van der Waals surface area (Å²) in [6, 6.07) is 7.44. The Labute approximate surface area is 128 Å². The van der Waals surface area contributed by atoms with Gasteiger partial charge in [0, 0.05) is 29.9 Å². The van der Waals surface area contributed by atoms with Gasteiger partial charge in [0.25, 0.3) is 10.0 Å². The molecule has 20 heavy (non-hydrogen) atoms. The van der Waals surface area contributed by atoms with Crippen LogP contribution >= 0.6 is 22.7 Å². The van der Waals surface area contributed by atoms with Gasteiger partial charge in [-0.05, 0) is 30.1 Å². The Morgan fingerprint density at radius 2 is 2.05 bits per heavy atom. The van der Waals surface area contributed by atoms with E-state index < -0.39 is 10.0 Å². The molecule has 2 aromatic rings. The minimum atomic E-state index is -3.39. The van der Waals surface area contributed by atoms with E-state index in [2.05, 4.69) is 5.32 Å². The van der Waals surface area contributed by atoms with E-state index in [1.165, 1.54) is 15.6 Å². The fraction of sp³-hybridized carbons (Fsp3) is 0.385. The maximum Gasteiger partial charge on any atom is 0.252 e. The Morgan fingerprint density at radius 3 is 2.70 bits per heavy atom. The average molecular weight is 330 g/mol. The highest BCUT2D eigenvalue weighted by molar-refractivity contribution is 7.91. The van der Waals surface area contributed by atoms with Crippen LogP contribution in [0.3, 0.4) is 0 Å². The molecule has 7 heteroatoms. The van der Waals surface area contributed by atoms with Gasteiger partial charge in [0.2, 0.25) is 0 Å². The largest absolute Gasteiger partial charge is 0.312 e. The van der Waals surface area contributed by atoms with Crippen LogP contribution in [0.1, 0.15) is 16.7 Å². The number of sulfonamides is 1. The molecule has 0 fully saturated rings. The molecule has 2 rings (SSSR count). The number of rotatable bonds is 7. The van der Waals surface area contributed by atoms with Gasteiger partial charge < -0.3 is 5.32 Å². The van der Waals surface area contributed by atoms with Gasteiger partial charge in [0.15, 0.2) is 0 Å². The quantitative estimate of drug-likeness (QED) is 0.849. The van der Waals surface area contributed by atoms with Crippen molar-refractivity contribution in [1.29, 1.82) is 0 Å². The van der Waals surface area contributed by atoms with Gasteiger partial charge in [-0.1, -0.05) is 13.0 Å². The lowest BCUT2D eigenvalue weighted by atomic mass is 10.4. The first-order valence-electron chi connectivity index (χ1n) is 6.32. The molecule has 0 saturated carbocycles. The molecule has 0 amide bonds. The van der Waals surface area contributed by atoms with E-state index in [-0.39, 0.29) is 0 Å². The summed E-state index contributed by atoms with van der Waals surface area (Å²) >= 11 is 2.90. The SMILES string of the molecule is CCNCc1ccc(S(=O)(=O)N(C)Cc2cccs2)s1. The summed E-state index contributed by atoms with van der Waals surface area (Å²) in [5.41, 5.74) is 0. The second kappa shape index (κ2) is 6.82. The molecule has 0 bridgehead atoms. The number of hydrogen-bond donors (Lipinski definition) is 1. The molecule has 0 aliphatic heterocycles. The molecule has 2 heterocycles. The van der Waals surface area contributed by atoms with E-state index in [0.29, 0.717) is 17.3 Å². The third-order valence-corrected chi connectivity index (χ3v) is 7.03. The lowest BCUT2D eigenvalue weighted by molar-refractivity contribution is 0.471. The molecule has 0 spiro atoms. The van der Waals surface area contributed by atoms with Crippen molar-refractivity contribution in [2.24, 2.45) is 0 Å². The number of hydrogen-bond acceptors (Lipinski definition) is 5. The Bertz CT molecular complexity index is 632. The van der Waals surface area contributed by atoms with Crippen molar-refractivity contribution in [3.63, 3.8) is 0 Å². The highest BCUT2D eigenvalue weighted by Crippen LogP contribution is 2.25. The van der Waals surface area contributed by atoms with Crippen molar-refractivity contribution in [3.05, 3.63) is 39.4 Å².